The highest BCUT2D eigenvalue weighted by molar-refractivity contribution is 7.89. The Morgan fingerprint density at radius 1 is 1.02 bits per heavy atom. The Labute approximate surface area is 247 Å². The van der Waals surface area contributed by atoms with Crippen molar-refractivity contribution in [2.75, 3.05) is 6.54 Å². The molecule has 8 nitrogen and oxygen atoms in total. The number of Topliss-reactive ketones (excluding diaryl/α,β-unsaturated/α-hetero) is 1. The molecule has 3 aromatic carbocycles. The Morgan fingerprint density at radius 3 is 2.21 bits per heavy atom. The first-order chi connectivity index (χ1) is 19.6. The number of benzene rings is 3. The zero-order chi connectivity index (χ0) is 30.8. The van der Waals surface area contributed by atoms with Gasteiger partial charge < -0.3 is 15.2 Å². The Kier molecular flexibility index (Phi) is 9.48. The van der Waals surface area contributed by atoms with Crippen molar-refractivity contribution < 1.29 is 45.4 Å². The van der Waals surface area contributed by atoms with E-state index in [4.69, 9.17) is 23.2 Å². The number of carboxylic acid groups (broad SMARTS) is 1. The van der Waals surface area contributed by atoms with Gasteiger partial charge in [0.2, 0.25) is 10.0 Å². The number of carboxylic acids is 1. The van der Waals surface area contributed by atoms with Crippen molar-refractivity contribution in [2.45, 2.75) is 36.2 Å². The third-order valence-electron chi connectivity index (χ3n) is 6.49. The van der Waals surface area contributed by atoms with E-state index in [1.807, 2.05) is 0 Å². The first-order valence-corrected chi connectivity index (χ1v) is 14.5. The van der Waals surface area contributed by atoms with Crippen LogP contribution in [0.3, 0.4) is 0 Å². The van der Waals surface area contributed by atoms with Gasteiger partial charge in [-0.1, -0.05) is 47.5 Å². The van der Waals surface area contributed by atoms with Gasteiger partial charge in [0.1, 0.15) is 17.5 Å². The fourth-order valence-electron chi connectivity index (χ4n) is 4.63. The fourth-order valence-corrected chi connectivity index (χ4v) is 6.60. The first kappa shape index (κ1) is 31.7. The van der Waals surface area contributed by atoms with Gasteiger partial charge in [-0.05, 0) is 60.8 Å². The minimum Gasteiger partial charge on any atom is -0.481 e. The highest BCUT2D eigenvalue weighted by Crippen LogP contribution is 2.36. The van der Waals surface area contributed by atoms with Gasteiger partial charge in [-0.15, -0.1) is 13.2 Å². The number of ether oxygens (including phenoxy) is 1. The van der Waals surface area contributed by atoms with E-state index in [0.717, 1.165) is 24.3 Å². The highest BCUT2D eigenvalue weighted by Gasteiger charge is 2.42. The van der Waals surface area contributed by atoms with Crippen LogP contribution in [-0.4, -0.2) is 44.2 Å². The summed E-state index contributed by atoms with van der Waals surface area (Å²) in [6, 6.07) is 8.53. The number of halogens is 6. The molecule has 3 N–H and O–H groups in total. The average Bonchev–Trinajstić information content (AvgIpc) is 3.42. The number of hydrogen-bond donors (Lipinski definition) is 3. The number of ketones is 1. The van der Waals surface area contributed by atoms with E-state index in [9.17, 15) is 40.7 Å². The molecule has 224 valence electrons. The number of nitrogens with one attached hydrogen (secondary N) is 2. The molecule has 4 rings (SSSR count). The summed E-state index contributed by atoms with van der Waals surface area (Å²) in [5, 5.41) is 13.0. The number of carbonyl (C=O) groups excluding carboxylic acids is 1. The second kappa shape index (κ2) is 12.6. The van der Waals surface area contributed by atoms with Gasteiger partial charge in [-0.3, -0.25) is 9.59 Å². The Hall–Kier alpha value is -3.23. The fraction of sp³-hybridized carbons (Fsp3) is 0.259. The van der Waals surface area contributed by atoms with Gasteiger partial charge in [0.05, 0.1) is 17.0 Å². The maximum absolute atomic E-state index is 13.7. The van der Waals surface area contributed by atoms with Crippen molar-refractivity contribution >= 4 is 45.0 Å². The van der Waals surface area contributed by atoms with Crippen molar-refractivity contribution in [1.82, 2.24) is 10.0 Å². The lowest BCUT2D eigenvalue weighted by molar-refractivity contribution is -0.274. The Bertz CT molecular complexity index is 1580. The van der Waals surface area contributed by atoms with E-state index in [0.29, 0.717) is 25.5 Å². The van der Waals surface area contributed by atoms with Gasteiger partial charge in [-0.2, -0.15) is 0 Å². The number of carbonyl (C=O) groups is 2. The summed E-state index contributed by atoms with van der Waals surface area (Å²) >= 11 is 11.9. The molecule has 15 heteroatoms. The summed E-state index contributed by atoms with van der Waals surface area (Å²) in [5.74, 6) is -6.06. The van der Waals surface area contributed by atoms with Crippen LogP contribution in [0.4, 0.5) is 17.6 Å². The van der Waals surface area contributed by atoms with E-state index in [-0.39, 0.29) is 26.7 Å². The summed E-state index contributed by atoms with van der Waals surface area (Å²) < 4.78 is 85.5. The number of alkyl halides is 3. The van der Waals surface area contributed by atoms with Crippen molar-refractivity contribution in [1.29, 1.82) is 0 Å². The van der Waals surface area contributed by atoms with Crippen LogP contribution in [0.25, 0.3) is 11.1 Å². The third kappa shape index (κ3) is 7.58. The quantitative estimate of drug-likeness (QED) is 0.189. The van der Waals surface area contributed by atoms with E-state index in [1.54, 1.807) is 0 Å². The van der Waals surface area contributed by atoms with Gasteiger partial charge in [-0.25, -0.2) is 17.5 Å². The van der Waals surface area contributed by atoms with Crippen molar-refractivity contribution in [3.05, 3.63) is 82.1 Å². The van der Waals surface area contributed by atoms with Crippen molar-refractivity contribution in [3.63, 3.8) is 0 Å². The predicted octanol–water partition coefficient (Wildman–Crippen LogP) is 5.74. The summed E-state index contributed by atoms with van der Waals surface area (Å²) in [7, 11) is -4.52. The number of rotatable bonds is 10. The van der Waals surface area contributed by atoms with Gasteiger partial charge >= 0.3 is 12.3 Å². The van der Waals surface area contributed by atoms with Crippen LogP contribution in [0.1, 0.15) is 24.4 Å². The topological polar surface area (TPSA) is 122 Å². The lowest BCUT2D eigenvalue weighted by Gasteiger charge is -2.27. The zero-order valence-corrected chi connectivity index (χ0v) is 23.6. The summed E-state index contributed by atoms with van der Waals surface area (Å²) in [5.41, 5.74) is -0.0292. The molecule has 0 spiro atoms. The number of hydrogen-bond acceptors (Lipinski definition) is 6. The molecule has 0 saturated carbocycles. The molecule has 0 aliphatic carbocycles. The van der Waals surface area contributed by atoms with Crippen molar-refractivity contribution in [3.8, 4) is 16.9 Å². The molecular weight excluding hydrogens is 627 g/mol. The molecular formula is C27H22Cl2F4N2O6S. The molecule has 3 atom stereocenters. The second-order valence-electron chi connectivity index (χ2n) is 9.38. The van der Waals surface area contributed by atoms with Crippen LogP contribution in [0.15, 0.2) is 65.6 Å². The summed E-state index contributed by atoms with van der Waals surface area (Å²) in [6.07, 6.45) is -4.16. The maximum atomic E-state index is 13.7. The predicted molar refractivity (Wildman–Crippen MR) is 145 cm³/mol. The zero-order valence-electron chi connectivity index (χ0n) is 21.3. The molecule has 0 aromatic heterocycles. The molecule has 1 aliphatic rings. The highest BCUT2D eigenvalue weighted by atomic mass is 35.5. The van der Waals surface area contributed by atoms with E-state index < -0.39 is 62.6 Å². The monoisotopic (exact) mass is 648 g/mol. The molecule has 1 saturated heterocycles. The third-order valence-corrected chi connectivity index (χ3v) is 8.35. The van der Waals surface area contributed by atoms with Crippen molar-refractivity contribution in [2.24, 2.45) is 5.92 Å². The van der Waals surface area contributed by atoms with Crippen LogP contribution in [-0.2, 0) is 19.6 Å². The van der Waals surface area contributed by atoms with E-state index >= 15 is 0 Å². The SMILES string of the molecule is O=C(O)[C@H](C(=O)C1CCCN1)[C@@H](NS(=O)(=O)c1cc(Cl)cc(Cl)c1)c1ccc(-c2ccc(F)cc2OC(F)(F)F)cc1. The van der Waals surface area contributed by atoms with E-state index in [1.165, 1.54) is 30.3 Å². The summed E-state index contributed by atoms with van der Waals surface area (Å²) in [4.78, 5) is 25.4. The molecule has 1 fully saturated rings. The number of aliphatic carboxylic acids is 1. The second-order valence-corrected chi connectivity index (χ2v) is 12.0. The molecule has 1 heterocycles. The van der Waals surface area contributed by atoms with E-state index in [2.05, 4.69) is 14.8 Å². The summed E-state index contributed by atoms with van der Waals surface area (Å²) in [6.45, 7) is 0.467. The first-order valence-electron chi connectivity index (χ1n) is 12.3. The standard InChI is InChI=1S/C27H22Cl2F4N2O6S/c28-16-10-17(29)12-19(11-16)42(39,40)35-24(23(26(37)38)25(36)21-2-1-9-34-21)15-5-3-14(4-6-15)20-8-7-18(30)13-22(20)41-27(31,32)33/h3-8,10-13,21,23-24,34-35H,1-2,9H2,(H,37,38)/t21?,23-,24-/m0/s1. The largest absolute Gasteiger partial charge is 0.573 e. The normalized spacial score (nSPS) is 17.0. The van der Waals surface area contributed by atoms with Gasteiger partial charge in [0.15, 0.2) is 5.78 Å². The van der Waals surface area contributed by atoms with Crippen LogP contribution in [0.5, 0.6) is 5.75 Å². The molecule has 0 bridgehead atoms. The Balaban J connectivity index is 1.78. The van der Waals surface area contributed by atoms with Crippen LogP contribution in [0.2, 0.25) is 10.0 Å². The van der Waals surface area contributed by atoms with Crippen LogP contribution < -0.4 is 14.8 Å². The lowest BCUT2D eigenvalue weighted by atomic mass is 9.86. The van der Waals surface area contributed by atoms with Gasteiger partial charge in [0, 0.05) is 21.7 Å². The molecule has 1 unspecified atom stereocenters. The molecule has 1 aliphatic heterocycles. The average molecular weight is 649 g/mol. The molecule has 0 amide bonds. The smallest absolute Gasteiger partial charge is 0.481 e. The molecule has 3 aromatic rings. The van der Waals surface area contributed by atoms with Crippen LogP contribution in [0, 0.1) is 11.7 Å². The minimum absolute atomic E-state index is 0.00889. The molecule has 42 heavy (non-hydrogen) atoms. The lowest BCUT2D eigenvalue weighted by Crippen LogP contribution is -2.46. The maximum Gasteiger partial charge on any atom is 0.573 e. The Morgan fingerprint density at radius 2 is 1.67 bits per heavy atom. The molecule has 0 radical (unpaired) electrons. The minimum atomic E-state index is -5.11. The number of sulfonamides is 1. The van der Waals surface area contributed by atoms with Gasteiger partial charge in [0.25, 0.3) is 0 Å². The van der Waals surface area contributed by atoms with Crippen LogP contribution >= 0.6 is 23.2 Å².